The lowest BCUT2D eigenvalue weighted by molar-refractivity contribution is -0.148. The van der Waals surface area contributed by atoms with E-state index in [0.29, 0.717) is 5.69 Å². The lowest BCUT2D eigenvalue weighted by Gasteiger charge is -2.16. The van der Waals surface area contributed by atoms with Crippen LogP contribution in [0.25, 0.3) is 0 Å². The first-order valence-electron chi connectivity index (χ1n) is 6.44. The number of hydrogen-bond acceptors (Lipinski definition) is 4. The van der Waals surface area contributed by atoms with Crippen LogP contribution >= 0.6 is 24.8 Å². The number of carbonyl (C=O) groups is 1. The summed E-state index contributed by atoms with van der Waals surface area (Å²) in [5, 5.41) is 2.54. The van der Waals surface area contributed by atoms with Gasteiger partial charge in [-0.2, -0.15) is 8.78 Å². The van der Waals surface area contributed by atoms with Gasteiger partial charge >= 0.3 is 12.3 Å². The third kappa shape index (κ3) is 7.50. The second-order valence-electron chi connectivity index (χ2n) is 4.87. The summed E-state index contributed by atoms with van der Waals surface area (Å²) in [6.45, 7) is 1.85. The molecule has 5 nitrogen and oxygen atoms in total. The largest absolute Gasteiger partial charge is 0.471 e. The number of amides is 1. The van der Waals surface area contributed by atoms with Crippen LogP contribution in [-0.4, -0.2) is 35.9 Å². The Balaban J connectivity index is 0. The van der Waals surface area contributed by atoms with Gasteiger partial charge < -0.3 is 15.8 Å². The number of ether oxygens (including phenoxy) is 1. The number of nitrogens with one attached hydrogen (secondary N) is 1. The zero-order valence-corrected chi connectivity index (χ0v) is 14.5. The number of rotatable bonds is 7. The summed E-state index contributed by atoms with van der Waals surface area (Å²) in [5.74, 6) is -5.25. The second-order valence-corrected chi connectivity index (χ2v) is 4.87. The van der Waals surface area contributed by atoms with Gasteiger partial charge in [-0.25, -0.2) is 13.8 Å². The van der Waals surface area contributed by atoms with E-state index in [-0.39, 0.29) is 42.6 Å². The van der Waals surface area contributed by atoms with Gasteiger partial charge in [-0.3, -0.25) is 4.79 Å². The molecule has 1 rings (SSSR count). The highest BCUT2D eigenvalue weighted by molar-refractivity contribution is 5.92. The molecule has 0 bridgehead atoms. The summed E-state index contributed by atoms with van der Waals surface area (Å²) in [5.41, 5.74) is 5.90. The molecule has 2 unspecified atom stereocenters. The van der Waals surface area contributed by atoms with Crippen LogP contribution in [0.1, 0.15) is 13.8 Å². The Morgan fingerprint density at radius 1 is 1.33 bits per heavy atom. The first-order valence-corrected chi connectivity index (χ1v) is 6.44. The zero-order valence-electron chi connectivity index (χ0n) is 12.8. The third-order valence-corrected chi connectivity index (χ3v) is 2.94. The van der Waals surface area contributed by atoms with Crippen LogP contribution in [0.15, 0.2) is 18.3 Å². The van der Waals surface area contributed by atoms with Gasteiger partial charge in [0.2, 0.25) is 11.8 Å². The van der Waals surface area contributed by atoms with E-state index < -0.39 is 24.9 Å². The Labute approximate surface area is 149 Å². The summed E-state index contributed by atoms with van der Waals surface area (Å²) < 4.78 is 53.8. The molecular formula is C13H19Cl2F4N3O2. The molecule has 0 saturated heterocycles. The van der Waals surface area contributed by atoms with Crippen molar-refractivity contribution in [3.8, 4) is 5.88 Å². The van der Waals surface area contributed by atoms with Gasteiger partial charge in [-0.1, -0.05) is 6.92 Å². The van der Waals surface area contributed by atoms with Crippen LogP contribution < -0.4 is 15.8 Å². The molecule has 1 aromatic rings. The Bertz CT molecular complexity index is 504. The smallest absolute Gasteiger partial charge is 0.340 e. The number of carbonyl (C=O) groups excluding carboxylic acids is 1. The number of pyridine rings is 1. The Hall–Kier alpha value is -1.32. The van der Waals surface area contributed by atoms with Crippen LogP contribution in [0, 0.1) is 5.92 Å². The van der Waals surface area contributed by atoms with Crippen LogP contribution in [0.5, 0.6) is 5.88 Å². The molecular weight excluding hydrogens is 377 g/mol. The number of nitrogens with zero attached hydrogens (tertiary/aromatic N) is 1. The summed E-state index contributed by atoms with van der Waals surface area (Å²) in [6, 6.07) is 2.20. The van der Waals surface area contributed by atoms with Crippen molar-refractivity contribution in [3.63, 3.8) is 0 Å². The summed E-state index contributed by atoms with van der Waals surface area (Å²) in [6.07, 6.45) is -2.65. The standard InChI is InChI=1S/C13H17F4N3O2.2ClH/c1-7(8(2)18)11(21)20-9-3-4-10(19-5-9)22-6-13(16,17)12(14)15;;/h3-5,7-8,12H,6,18H2,1-2H3,(H,20,21);2*1H. The lowest BCUT2D eigenvalue weighted by Crippen LogP contribution is -2.34. The molecule has 0 aromatic carbocycles. The molecule has 3 N–H and O–H groups in total. The first kappa shape index (κ1) is 24.9. The van der Waals surface area contributed by atoms with E-state index in [1.165, 1.54) is 18.3 Å². The van der Waals surface area contributed by atoms with Crippen molar-refractivity contribution >= 4 is 36.4 Å². The number of aromatic nitrogens is 1. The van der Waals surface area contributed by atoms with E-state index >= 15 is 0 Å². The lowest BCUT2D eigenvalue weighted by atomic mass is 10.0. The Morgan fingerprint density at radius 3 is 2.33 bits per heavy atom. The van der Waals surface area contributed by atoms with E-state index in [1.807, 2.05) is 0 Å². The third-order valence-electron chi connectivity index (χ3n) is 2.94. The quantitative estimate of drug-likeness (QED) is 0.695. The van der Waals surface area contributed by atoms with Crippen LogP contribution in [-0.2, 0) is 4.79 Å². The highest BCUT2D eigenvalue weighted by Gasteiger charge is 2.41. The molecule has 0 aliphatic rings. The fourth-order valence-electron chi connectivity index (χ4n) is 1.27. The minimum Gasteiger partial charge on any atom is -0.471 e. The first-order chi connectivity index (χ1) is 10.1. The number of hydrogen-bond donors (Lipinski definition) is 2. The predicted octanol–water partition coefficient (Wildman–Crippen LogP) is 3.13. The molecule has 0 aliphatic carbocycles. The molecule has 2 atom stereocenters. The predicted molar refractivity (Wildman–Crippen MR) is 86.6 cm³/mol. The van der Waals surface area contributed by atoms with Crippen LogP contribution in [0.4, 0.5) is 23.2 Å². The molecule has 0 saturated carbocycles. The molecule has 1 heterocycles. The van der Waals surface area contributed by atoms with Gasteiger partial charge in [0.25, 0.3) is 0 Å². The van der Waals surface area contributed by atoms with Gasteiger partial charge in [0.15, 0.2) is 6.61 Å². The van der Waals surface area contributed by atoms with E-state index in [9.17, 15) is 22.4 Å². The minimum atomic E-state index is -4.25. The van der Waals surface area contributed by atoms with Crippen molar-refractivity contribution in [2.24, 2.45) is 11.7 Å². The monoisotopic (exact) mass is 395 g/mol. The number of anilines is 1. The number of halogens is 6. The molecule has 0 aliphatic heterocycles. The maximum atomic E-state index is 12.7. The maximum absolute atomic E-state index is 12.7. The Morgan fingerprint density at radius 2 is 1.92 bits per heavy atom. The Kier molecular flexibility index (Phi) is 10.9. The highest BCUT2D eigenvalue weighted by atomic mass is 35.5. The molecule has 11 heteroatoms. The van der Waals surface area contributed by atoms with Crippen molar-refractivity contribution < 1.29 is 27.1 Å². The van der Waals surface area contributed by atoms with E-state index in [4.69, 9.17) is 5.73 Å². The van der Waals surface area contributed by atoms with E-state index in [0.717, 1.165) is 0 Å². The van der Waals surface area contributed by atoms with Gasteiger partial charge in [-0.15, -0.1) is 24.8 Å². The van der Waals surface area contributed by atoms with Gasteiger partial charge in [0, 0.05) is 12.1 Å². The van der Waals surface area contributed by atoms with Gasteiger partial charge in [0.05, 0.1) is 17.8 Å². The maximum Gasteiger partial charge on any atom is 0.340 e. The topological polar surface area (TPSA) is 77.2 Å². The average molecular weight is 396 g/mol. The van der Waals surface area contributed by atoms with Crippen LogP contribution in [0.2, 0.25) is 0 Å². The van der Waals surface area contributed by atoms with Crippen molar-refractivity contribution in [3.05, 3.63) is 18.3 Å². The molecule has 140 valence electrons. The average Bonchev–Trinajstić information content (AvgIpc) is 2.45. The molecule has 24 heavy (non-hydrogen) atoms. The SMILES string of the molecule is CC(N)C(C)C(=O)Nc1ccc(OCC(F)(F)C(F)F)nc1.Cl.Cl. The van der Waals surface area contributed by atoms with E-state index in [1.54, 1.807) is 13.8 Å². The minimum absolute atomic E-state index is 0. The van der Waals surface area contributed by atoms with Crippen molar-refractivity contribution in [2.45, 2.75) is 32.2 Å². The van der Waals surface area contributed by atoms with E-state index in [2.05, 4.69) is 15.0 Å². The molecule has 0 fully saturated rings. The molecule has 0 radical (unpaired) electrons. The molecule has 0 spiro atoms. The number of alkyl halides is 4. The van der Waals surface area contributed by atoms with Crippen molar-refractivity contribution in [1.82, 2.24) is 4.98 Å². The zero-order chi connectivity index (χ0) is 16.9. The van der Waals surface area contributed by atoms with Crippen molar-refractivity contribution in [2.75, 3.05) is 11.9 Å². The summed E-state index contributed by atoms with van der Waals surface area (Å²) in [7, 11) is 0. The second kappa shape index (κ2) is 10.5. The van der Waals surface area contributed by atoms with Crippen LogP contribution in [0.3, 0.4) is 0 Å². The molecule has 1 aromatic heterocycles. The van der Waals surface area contributed by atoms with Gasteiger partial charge in [0.1, 0.15) is 0 Å². The van der Waals surface area contributed by atoms with Crippen molar-refractivity contribution in [1.29, 1.82) is 0 Å². The number of nitrogens with two attached hydrogens (primary N) is 1. The van der Waals surface area contributed by atoms with Gasteiger partial charge in [-0.05, 0) is 13.0 Å². The normalized spacial score (nSPS) is 13.3. The fraction of sp³-hybridized carbons (Fsp3) is 0.538. The summed E-state index contributed by atoms with van der Waals surface area (Å²) in [4.78, 5) is 15.4. The fourth-order valence-corrected chi connectivity index (χ4v) is 1.27. The highest BCUT2D eigenvalue weighted by Crippen LogP contribution is 2.24. The summed E-state index contributed by atoms with van der Waals surface area (Å²) >= 11 is 0. The molecule has 1 amide bonds.